The van der Waals surface area contributed by atoms with Crippen LogP contribution in [0.15, 0.2) is 65.9 Å². The number of fused-ring (bicyclic) bond motifs is 2. The van der Waals surface area contributed by atoms with E-state index in [4.69, 9.17) is 28.5 Å². The summed E-state index contributed by atoms with van der Waals surface area (Å²) in [4.78, 5) is 18.9. The average molecular weight is 765 g/mol. The second-order valence-corrected chi connectivity index (χ2v) is 16.1. The molecule has 2 aromatic rings. The van der Waals surface area contributed by atoms with Gasteiger partial charge < -0.3 is 38.7 Å². The Morgan fingerprint density at radius 2 is 1.78 bits per heavy atom. The number of oxime groups is 1. The van der Waals surface area contributed by atoms with Crippen molar-refractivity contribution >= 4 is 29.3 Å². The van der Waals surface area contributed by atoms with Gasteiger partial charge in [0.25, 0.3) is 0 Å². The molecule has 54 heavy (non-hydrogen) atoms. The number of nitrogens with one attached hydrogen (secondary N) is 1. The molecule has 2 saturated carbocycles. The zero-order chi connectivity index (χ0) is 38.1. The Morgan fingerprint density at radius 3 is 2.48 bits per heavy atom. The number of ether oxygens (including phenoxy) is 5. The lowest BCUT2D eigenvalue weighted by Crippen LogP contribution is -2.64. The molecule has 1 heterocycles. The fourth-order valence-corrected chi connectivity index (χ4v) is 10.8. The summed E-state index contributed by atoms with van der Waals surface area (Å²) >= 11 is 1.96. The first-order chi connectivity index (χ1) is 26.4. The van der Waals surface area contributed by atoms with E-state index < -0.39 is 11.9 Å². The van der Waals surface area contributed by atoms with Crippen molar-refractivity contribution in [2.45, 2.75) is 92.8 Å². The minimum absolute atomic E-state index is 0.0718. The molecule has 294 valence electrons. The molecular formula is C42H56N2O9S. The summed E-state index contributed by atoms with van der Waals surface area (Å²) in [5.74, 6) is 1.06. The lowest BCUT2D eigenvalue weighted by atomic mass is 9.56. The molecule has 3 N–H and O–H groups in total. The highest BCUT2D eigenvalue weighted by atomic mass is 32.2. The number of allylic oxidation sites excluding steroid dienone is 1. The number of hydrogen-bond donors (Lipinski definition) is 3. The first kappa shape index (κ1) is 40.0. The number of methoxy groups -OCH3 is 2. The number of amides is 1. The fourth-order valence-electron chi connectivity index (χ4n) is 9.02. The third-order valence-electron chi connectivity index (χ3n) is 11.3. The van der Waals surface area contributed by atoms with E-state index in [0.29, 0.717) is 59.8 Å². The fraction of sp³-hybridized carbons (Fsp3) is 0.571. The van der Waals surface area contributed by atoms with Crippen molar-refractivity contribution in [2.75, 3.05) is 46.5 Å². The highest BCUT2D eigenvalue weighted by molar-refractivity contribution is 8.00. The van der Waals surface area contributed by atoms with Crippen LogP contribution >= 0.6 is 11.8 Å². The lowest BCUT2D eigenvalue weighted by molar-refractivity contribution is -0.223. The number of aliphatic hydroxyl groups is 2. The summed E-state index contributed by atoms with van der Waals surface area (Å²) in [6, 6.07) is 10.7. The second-order valence-electron chi connectivity index (χ2n) is 14.6. The second kappa shape index (κ2) is 18.8. The topological polar surface area (TPSA) is 137 Å². The zero-order valence-electron chi connectivity index (χ0n) is 31.8. The Bertz CT molecular complexity index is 1660. The van der Waals surface area contributed by atoms with E-state index in [2.05, 4.69) is 23.1 Å². The molecule has 0 aromatic heterocycles. The maximum absolute atomic E-state index is 13.4. The number of rotatable bonds is 18. The van der Waals surface area contributed by atoms with Crippen molar-refractivity contribution in [1.82, 2.24) is 0 Å². The van der Waals surface area contributed by atoms with Crippen molar-refractivity contribution in [3.63, 3.8) is 0 Å². The molecule has 1 aliphatic heterocycles. The van der Waals surface area contributed by atoms with Gasteiger partial charge >= 0.3 is 6.09 Å². The molecule has 6 rings (SSSR count). The van der Waals surface area contributed by atoms with Gasteiger partial charge in [-0.2, -0.15) is 0 Å². The van der Waals surface area contributed by atoms with Crippen LogP contribution in [0.3, 0.4) is 0 Å². The Kier molecular flexibility index (Phi) is 13.9. The minimum Gasteiger partial charge on any atom is -0.497 e. The molecule has 6 atom stereocenters. The van der Waals surface area contributed by atoms with E-state index in [-0.39, 0.29) is 42.1 Å². The Labute approximate surface area is 323 Å². The summed E-state index contributed by atoms with van der Waals surface area (Å²) in [5.41, 5.74) is 3.38. The SMILES string of the molecule is C=CCO[C@@]12Oc3ccc(OC(=O)Nc4ccc(OC)cc4OC)cc3[C@H]3[C@H](CCCCO)[C@@H](CCCCO)C=C(C(=NOC)C[C@@H]1SC1CCCC1)[C@H]32. The van der Waals surface area contributed by atoms with E-state index in [0.717, 1.165) is 55.4 Å². The monoisotopic (exact) mass is 764 g/mol. The summed E-state index contributed by atoms with van der Waals surface area (Å²) in [6.07, 6.45) is 13.8. The first-order valence-electron chi connectivity index (χ1n) is 19.4. The highest BCUT2D eigenvalue weighted by Gasteiger charge is 2.64. The molecule has 4 aliphatic rings. The number of thioether (sulfide) groups is 1. The summed E-state index contributed by atoms with van der Waals surface area (Å²) in [5, 5.41) is 27.5. The molecule has 0 spiro atoms. The van der Waals surface area contributed by atoms with Crippen LogP contribution in [0.1, 0.15) is 82.1 Å². The van der Waals surface area contributed by atoms with Gasteiger partial charge in [0.05, 0.1) is 43.4 Å². The average Bonchev–Trinajstić information content (AvgIpc) is 3.70. The van der Waals surface area contributed by atoms with E-state index in [9.17, 15) is 15.0 Å². The number of aliphatic hydroxyl groups excluding tert-OH is 2. The molecule has 0 saturated heterocycles. The van der Waals surface area contributed by atoms with Crippen LogP contribution in [0.2, 0.25) is 0 Å². The van der Waals surface area contributed by atoms with Gasteiger partial charge in [0.15, 0.2) is 0 Å². The number of benzene rings is 2. The molecule has 2 fully saturated rings. The van der Waals surface area contributed by atoms with Gasteiger partial charge in [-0.05, 0) is 86.3 Å². The van der Waals surface area contributed by atoms with Crippen LogP contribution in [-0.4, -0.2) is 79.5 Å². The van der Waals surface area contributed by atoms with Gasteiger partial charge in [0, 0.05) is 42.4 Å². The molecule has 12 heteroatoms. The van der Waals surface area contributed by atoms with Gasteiger partial charge in [-0.15, -0.1) is 18.3 Å². The minimum atomic E-state index is -1.02. The van der Waals surface area contributed by atoms with Crippen LogP contribution < -0.4 is 24.3 Å². The number of carbonyl (C=O) groups is 1. The van der Waals surface area contributed by atoms with Crippen molar-refractivity contribution in [3.8, 4) is 23.0 Å². The molecule has 0 radical (unpaired) electrons. The Balaban J connectivity index is 1.45. The van der Waals surface area contributed by atoms with Crippen LogP contribution in [0.5, 0.6) is 23.0 Å². The van der Waals surface area contributed by atoms with Crippen LogP contribution in [0, 0.1) is 17.8 Å². The molecule has 0 unspecified atom stereocenters. The number of nitrogens with zero attached hydrogens (tertiary/aromatic N) is 1. The maximum atomic E-state index is 13.4. The number of anilines is 1. The van der Waals surface area contributed by atoms with E-state index >= 15 is 0 Å². The summed E-state index contributed by atoms with van der Waals surface area (Å²) in [7, 11) is 4.69. The summed E-state index contributed by atoms with van der Waals surface area (Å²) in [6.45, 7) is 4.60. The largest absolute Gasteiger partial charge is 0.497 e. The molecule has 2 aromatic carbocycles. The van der Waals surface area contributed by atoms with Crippen molar-refractivity contribution in [1.29, 1.82) is 0 Å². The molecule has 0 bridgehead atoms. The van der Waals surface area contributed by atoms with Gasteiger partial charge in [-0.25, -0.2) is 4.79 Å². The highest BCUT2D eigenvalue weighted by Crippen LogP contribution is 2.63. The first-order valence-corrected chi connectivity index (χ1v) is 20.3. The van der Waals surface area contributed by atoms with Crippen LogP contribution in [0.25, 0.3) is 0 Å². The Morgan fingerprint density at radius 1 is 1.02 bits per heavy atom. The number of carbonyl (C=O) groups excluding carboxylic acids is 1. The van der Waals surface area contributed by atoms with Crippen molar-refractivity contribution in [2.24, 2.45) is 22.9 Å². The third kappa shape index (κ3) is 8.56. The Hall–Kier alpha value is -3.71. The normalized spacial score (nSPS) is 26.6. The third-order valence-corrected chi connectivity index (χ3v) is 13.0. The van der Waals surface area contributed by atoms with Crippen LogP contribution in [0.4, 0.5) is 10.5 Å². The van der Waals surface area contributed by atoms with Crippen LogP contribution in [-0.2, 0) is 9.57 Å². The van der Waals surface area contributed by atoms with Gasteiger partial charge in [-0.1, -0.05) is 43.0 Å². The quantitative estimate of drug-likeness (QED) is 0.0773. The van der Waals surface area contributed by atoms with E-state index in [1.54, 1.807) is 44.6 Å². The van der Waals surface area contributed by atoms with E-state index in [1.807, 2.05) is 23.9 Å². The van der Waals surface area contributed by atoms with Crippen molar-refractivity contribution < 1.29 is 43.5 Å². The smallest absolute Gasteiger partial charge is 0.417 e. The number of hydrogen-bond acceptors (Lipinski definition) is 11. The predicted molar refractivity (Wildman–Crippen MR) is 211 cm³/mol. The number of unbranched alkanes of at least 4 members (excludes halogenated alkanes) is 2. The predicted octanol–water partition coefficient (Wildman–Crippen LogP) is 8.25. The summed E-state index contributed by atoms with van der Waals surface area (Å²) < 4.78 is 31.0. The molecule has 11 nitrogen and oxygen atoms in total. The molecular weight excluding hydrogens is 709 g/mol. The van der Waals surface area contributed by atoms with Crippen molar-refractivity contribution in [3.05, 3.63) is 66.3 Å². The molecule has 3 aliphatic carbocycles. The van der Waals surface area contributed by atoms with Gasteiger partial charge in [0.2, 0.25) is 5.79 Å². The van der Waals surface area contributed by atoms with Gasteiger partial charge in [0.1, 0.15) is 30.1 Å². The lowest BCUT2D eigenvalue weighted by Gasteiger charge is -2.58. The maximum Gasteiger partial charge on any atom is 0.417 e. The molecule has 1 amide bonds. The zero-order valence-corrected chi connectivity index (χ0v) is 32.6. The van der Waals surface area contributed by atoms with Gasteiger partial charge in [-0.3, -0.25) is 5.32 Å². The standard InChI is InChI=1S/C42H56N2O9S/c1-5-22-51-42-38(54-30-13-6-7-14-30)26-35(44-50-4)32-23-27(12-8-10-20-45)31(15-9-11-21-46)39(40(32)42)33-24-29(17-19-36(33)53-42)52-41(47)43-34-18-16-28(48-2)25-37(34)49-3/h5,16-19,23-25,27,30-31,38-40,45-46H,1,6-15,20-22,26H2,2-4H3,(H,43,47)/t27-,31+,38-,39+,40+,42+/m0/s1. The van der Waals surface area contributed by atoms with E-state index in [1.165, 1.54) is 20.0 Å².